The Hall–Kier alpha value is -1.55. The summed E-state index contributed by atoms with van der Waals surface area (Å²) in [5.74, 6) is 0.503. The molecule has 0 aliphatic carbocycles. The fraction of sp³-hybridized carbons (Fsp3) is 0.400. The van der Waals surface area contributed by atoms with E-state index >= 15 is 0 Å². The Morgan fingerprint density at radius 3 is 3.05 bits per heavy atom. The van der Waals surface area contributed by atoms with Crippen molar-refractivity contribution in [3.63, 3.8) is 0 Å². The van der Waals surface area contributed by atoms with Crippen molar-refractivity contribution in [3.05, 3.63) is 45.5 Å². The number of carbonyl (C=O) groups is 1. The van der Waals surface area contributed by atoms with E-state index in [1.807, 2.05) is 17.9 Å². The van der Waals surface area contributed by atoms with Crippen molar-refractivity contribution in [3.8, 4) is 0 Å². The molecule has 3 nitrogen and oxygen atoms in total. The zero-order chi connectivity index (χ0) is 13.4. The molecule has 3 rings (SSSR count). The summed E-state index contributed by atoms with van der Waals surface area (Å²) in [5, 5.41) is 2.12. The van der Waals surface area contributed by atoms with Gasteiger partial charge in [-0.25, -0.2) is 0 Å². The van der Waals surface area contributed by atoms with Crippen molar-refractivity contribution in [2.75, 3.05) is 6.54 Å². The average Bonchev–Trinajstić information content (AvgIpc) is 3.04. The SMILES string of the molecule is CC[C@@H]1c2ccsc2CCN1C(=O)c1occc1C. The quantitative estimate of drug-likeness (QED) is 0.835. The third-order valence-corrected chi connectivity index (χ3v) is 4.80. The number of fused-ring (bicyclic) bond motifs is 1. The molecule has 3 heterocycles. The van der Waals surface area contributed by atoms with Crippen molar-refractivity contribution in [2.24, 2.45) is 0 Å². The fourth-order valence-corrected chi connectivity index (χ4v) is 3.73. The number of carbonyl (C=O) groups excluding carboxylic acids is 1. The lowest BCUT2D eigenvalue weighted by molar-refractivity contribution is 0.0623. The van der Waals surface area contributed by atoms with Gasteiger partial charge >= 0.3 is 0 Å². The molecule has 19 heavy (non-hydrogen) atoms. The third kappa shape index (κ3) is 2.00. The van der Waals surface area contributed by atoms with Crippen LogP contribution in [-0.4, -0.2) is 17.4 Å². The minimum absolute atomic E-state index is 0.0196. The average molecular weight is 275 g/mol. The van der Waals surface area contributed by atoms with Crippen LogP contribution in [0.15, 0.2) is 28.2 Å². The zero-order valence-corrected chi connectivity index (χ0v) is 12.0. The van der Waals surface area contributed by atoms with E-state index in [-0.39, 0.29) is 11.9 Å². The van der Waals surface area contributed by atoms with Crippen LogP contribution in [0.1, 0.15) is 45.9 Å². The summed E-state index contributed by atoms with van der Waals surface area (Å²) in [7, 11) is 0. The van der Waals surface area contributed by atoms with Crippen LogP contribution in [0.25, 0.3) is 0 Å². The Bertz CT molecular complexity index is 599. The molecule has 1 aliphatic heterocycles. The first-order valence-electron chi connectivity index (χ1n) is 6.63. The number of aryl methyl sites for hydroxylation is 1. The second kappa shape index (κ2) is 4.85. The Balaban J connectivity index is 1.94. The number of nitrogens with zero attached hydrogens (tertiary/aromatic N) is 1. The molecule has 0 saturated heterocycles. The fourth-order valence-electron chi connectivity index (χ4n) is 2.80. The summed E-state index contributed by atoms with van der Waals surface area (Å²) < 4.78 is 5.35. The third-order valence-electron chi connectivity index (χ3n) is 3.80. The highest BCUT2D eigenvalue weighted by molar-refractivity contribution is 7.10. The van der Waals surface area contributed by atoms with Crippen molar-refractivity contribution in [1.29, 1.82) is 0 Å². The first kappa shape index (κ1) is 12.5. The molecule has 1 amide bonds. The van der Waals surface area contributed by atoms with Gasteiger partial charge in [-0.05, 0) is 42.8 Å². The first-order valence-corrected chi connectivity index (χ1v) is 7.51. The lowest BCUT2D eigenvalue weighted by Crippen LogP contribution is -2.39. The largest absolute Gasteiger partial charge is 0.459 e. The molecule has 2 aromatic rings. The van der Waals surface area contributed by atoms with E-state index in [1.165, 1.54) is 10.4 Å². The summed E-state index contributed by atoms with van der Waals surface area (Å²) in [6.07, 6.45) is 3.48. The van der Waals surface area contributed by atoms with Gasteiger partial charge in [0.15, 0.2) is 5.76 Å². The van der Waals surface area contributed by atoms with Crippen LogP contribution in [-0.2, 0) is 6.42 Å². The lowest BCUT2D eigenvalue weighted by Gasteiger charge is -2.35. The Morgan fingerprint density at radius 2 is 2.37 bits per heavy atom. The molecule has 1 aliphatic rings. The summed E-state index contributed by atoms with van der Waals surface area (Å²) in [6, 6.07) is 4.18. The van der Waals surface area contributed by atoms with Gasteiger partial charge in [0.2, 0.25) is 0 Å². The number of thiophene rings is 1. The molecule has 0 spiro atoms. The molecular formula is C15H17NO2S. The van der Waals surface area contributed by atoms with Crippen molar-refractivity contribution < 1.29 is 9.21 Å². The Labute approximate surface area is 116 Å². The second-order valence-electron chi connectivity index (χ2n) is 4.90. The van der Waals surface area contributed by atoms with E-state index in [2.05, 4.69) is 18.4 Å². The van der Waals surface area contributed by atoms with E-state index in [4.69, 9.17) is 4.42 Å². The van der Waals surface area contributed by atoms with Crippen LogP contribution in [0.3, 0.4) is 0 Å². The summed E-state index contributed by atoms with van der Waals surface area (Å²) in [6.45, 7) is 4.83. The van der Waals surface area contributed by atoms with Crippen LogP contribution in [0.2, 0.25) is 0 Å². The van der Waals surface area contributed by atoms with Crippen LogP contribution in [0.5, 0.6) is 0 Å². The molecular weight excluding hydrogens is 258 g/mol. The number of amides is 1. The van der Waals surface area contributed by atoms with Gasteiger partial charge in [0, 0.05) is 17.0 Å². The standard InChI is InChI=1S/C15H17NO2S/c1-3-12-11-6-9-19-13(11)4-7-16(12)15(17)14-10(2)5-8-18-14/h5-6,8-9,12H,3-4,7H2,1-2H3/t12-/m1/s1. The Kier molecular flexibility index (Phi) is 3.19. The minimum Gasteiger partial charge on any atom is -0.459 e. The number of hydrogen-bond donors (Lipinski definition) is 0. The van der Waals surface area contributed by atoms with E-state index in [1.54, 1.807) is 17.6 Å². The van der Waals surface area contributed by atoms with Crippen molar-refractivity contribution in [2.45, 2.75) is 32.7 Å². The maximum Gasteiger partial charge on any atom is 0.290 e. The Morgan fingerprint density at radius 1 is 1.53 bits per heavy atom. The maximum absolute atomic E-state index is 12.6. The molecule has 0 fully saturated rings. The molecule has 100 valence electrons. The molecule has 0 unspecified atom stereocenters. The van der Waals surface area contributed by atoms with Crippen LogP contribution >= 0.6 is 11.3 Å². The highest BCUT2D eigenvalue weighted by Crippen LogP contribution is 2.36. The molecule has 1 atom stereocenters. The smallest absolute Gasteiger partial charge is 0.290 e. The molecule has 0 bridgehead atoms. The number of rotatable bonds is 2. The summed E-state index contributed by atoms with van der Waals surface area (Å²) in [5.41, 5.74) is 2.23. The van der Waals surface area contributed by atoms with Gasteiger partial charge in [-0.15, -0.1) is 11.3 Å². The normalized spacial score (nSPS) is 18.4. The van der Waals surface area contributed by atoms with Gasteiger partial charge in [-0.1, -0.05) is 6.92 Å². The van der Waals surface area contributed by atoms with Crippen molar-refractivity contribution in [1.82, 2.24) is 4.90 Å². The first-order chi connectivity index (χ1) is 9.22. The summed E-state index contributed by atoms with van der Waals surface area (Å²) in [4.78, 5) is 16.0. The molecule has 0 saturated carbocycles. The van der Waals surface area contributed by atoms with Gasteiger partial charge in [-0.2, -0.15) is 0 Å². The molecule has 0 radical (unpaired) electrons. The van der Waals surface area contributed by atoms with Crippen LogP contribution < -0.4 is 0 Å². The van der Waals surface area contributed by atoms with Crippen LogP contribution in [0, 0.1) is 6.92 Å². The lowest BCUT2D eigenvalue weighted by atomic mass is 9.97. The minimum atomic E-state index is 0.0196. The predicted molar refractivity (Wildman–Crippen MR) is 75.5 cm³/mol. The topological polar surface area (TPSA) is 33.5 Å². The monoisotopic (exact) mass is 275 g/mol. The van der Waals surface area contributed by atoms with Gasteiger partial charge in [0.1, 0.15) is 0 Å². The maximum atomic E-state index is 12.6. The summed E-state index contributed by atoms with van der Waals surface area (Å²) >= 11 is 1.80. The highest BCUT2D eigenvalue weighted by Gasteiger charge is 2.32. The number of furan rings is 1. The molecule has 0 N–H and O–H groups in total. The highest BCUT2D eigenvalue weighted by atomic mass is 32.1. The van der Waals surface area contributed by atoms with Gasteiger partial charge < -0.3 is 9.32 Å². The van der Waals surface area contributed by atoms with E-state index < -0.39 is 0 Å². The van der Waals surface area contributed by atoms with Crippen molar-refractivity contribution >= 4 is 17.2 Å². The van der Waals surface area contributed by atoms with Gasteiger partial charge in [0.25, 0.3) is 5.91 Å². The molecule has 4 heteroatoms. The van der Waals surface area contributed by atoms with E-state index in [0.717, 1.165) is 24.9 Å². The second-order valence-corrected chi connectivity index (χ2v) is 5.91. The van der Waals surface area contributed by atoms with E-state index in [0.29, 0.717) is 5.76 Å². The number of hydrogen-bond acceptors (Lipinski definition) is 3. The predicted octanol–water partition coefficient (Wildman–Crippen LogP) is 3.80. The van der Waals surface area contributed by atoms with Gasteiger partial charge in [0.05, 0.1) is 12.3 Å². The molecule has 0 aromatic carbocycles. The van der Waals surface area contributed by atoms with E-state index in [9.17, 15) is 4.79 Å². The van der Waals surface area contributed by atoms with Crippen LogP contribution in [0.4, 0.5) is 0 Å². The zero-order valence-electron chi connectivity index (χ0n) is 11.2. The van der Waals surface area contributed by atoms with Gasteiger partial charge in [-0.3, -0.25) is 4.79 Å². The molecule has 2 aromatic heterocycles.